The van der Waals surface area contributed by atoms with Gasteiger partial charge in [-0.05, 0) is 31.0 Å². The summed E-state index contributed by atoms with van der Waals surface area (Å²) < 4.78 is 1.48. The molecule has 1 atom stereocenters. The summed E-state index contributed by atoms with van der Waals surface area (Å²) in [4.78, 5) is 27.3. The monoisotopic (exact) mass is 292 g/mol. The van der Waals surface area contributed by atoms with Crippen LogP contribution in [0.2, 0.25) is 0 Å². The number of thioether (sulfide) groups is 1. The molecule has 2 aromatic rings. The second-order valence-electron chi connectivity index (χ2n) is 4.56. The Bertz CT molecular complexity index is 696. The van der Waals surface area contributed by atoms with Gasteiger partial charge in [-0.1, -0.05) is 6.92 Å². The molecule has 0 aromatic carbocycles. The van der Waals surface area contributed by atoms with E-state index in [4.69, 9.17) is 5.11 Å². The molecule has 106 valence electrons. The SMILES string of the molecule is CCC(SCc1cc(=O)n2ccc(C)cc2n1)C(=O)O. The predicted octanol–water partition coefficient (Wildman–Crippen LogP) is 2.10. The van der Waals surface area contributed by atoms with E-state index in [-0.39, 0.29) is 5.56 Å². The minimum absolute atomic E-state index is 0.144. The van der Waals surface area contributed by atoms with Crippen LogP contribution >= 0.6 is 11.8 Å². The van der Waals surface area contributed by atoms with E-state index < -0.39 is 11.2 Å². The lowest BCUT2D eigenvalue weighted by Crippen LogP contribution is -2.17. The average molecular weight is 292 g/mol. The zero-order chi connectivity index (χ0) is 14.7. The molecule has 0 saturated carbocycles. The lowest BCUT2D eigenvalue weighted by Gasteiger charge is -2.09. The summed E-state index contributed by atoms with van der Waals surface area (Å²) in [6, 6.07) is 5.15. The van der Waals surface area contributed by atoms with Gasteiger partial charge in [0.15, 0.2) is 0 Å². The number of rotatable bonds is 5. The van der Waals surface area contributed by atoms with Crippen molar-refractivity contribution >= 4 is 23.4 Å². The number of aliphatic carboxylic acids is 1. The molecule has 6 heteroatoms. The highest BCUT2D eigenvalue weighted by atomic mass is 32.2. The smallest absolute Gasteiger partial charge is 0.316 e. The Labute approximate surface area is 120 Å². The summed E-state index contributed by atoms with van der Waals surface area (Å²) >= 11 is 1.29. The molecule has 0 aliphatic carbocycles. The number of nitrogens with zero attached hydrogens (tertiary/aromatic N) is 2. The molecule has 2 rings (SSSR count). The van der Waals surface area contributed by atoms with E-state index in [1.165, 1.54) is 22.2 Å². The molecular formula is C14H16N2O3S. The maximum atomic E-state index is 12.0. The Morgan fingerprint density at radius 3 is 2.90 bits per heavy atom. The minimum Gasteiger partial charge on any atom is -0.480 e. The summed E-state index contributed by atoms with van der Waals surface area (Å²) in [7, 11) is 0. The summed E-state index contributed by atoms with van der Waals surface area (Å²) in [5, 5.41) is 8.54. The maximum Gasteiger partial charge on any atom is 0.316 e. The Morgan fingerprint density at radius 2 is 2.25 bits per heavy atom. The molecule has 0 bridgehead atoms. The number of pyridine rings is 1. The normalized spacial score (nSPS) is 12.5. The van der Waals surface area contributed by atoms with Crippen molar-refractivity contribution in [3.8, 4) is 0 Å². The molecule has 0 aliphatic rings. The molecular weight excluding hydrogens is 276 g/mol. The number of aryl methyl sites for hydroxylation is 1. The van der Waals surface area contributed by atoms with Crippen LogP contribution in [0.3, 0.4) is 0 Å². The number of carboxylic acid groups (broad SMARTS) is 1. The first-order valence-corrected chi connectivity index (χ1v) is 7.39. The fourth-order valence-electron chi connectivity index (χ4n) is 1.88. The van der Waals surface area contributed by atoms with Gasteiger partial charge < -0.3 is 5.11 Å². The van der Waals surface area contributed by atoms with Crippen LogP contribution in [0.5, 0.6) is 0 Å². The molecule has 5 nitrogen and oxygen atoms in total. The standard InChI is InChI=1S/C14H16N2O3S/c1-3-11(14(18)19)20-8-10-7-13(17)16-5-4-9(2)6-12(16)15-10/h4-7,11H,3,8H2,1-2H3,(H,18,19). The molecule has 0 amide bonds. The van der Waals surface area contributed by atoms with Crippen molar-refractivity contribution in [1.82, 2.24) is 9.38 Å². The van der Waals surface area contributed by atoms with Gasteiger partial charge in [0, 0.05) is 18.0 Å². The molecule has 1 unspecified atom stereocenters. The van der Waals surface area contributed by atoms with Gasteiger partial charge >= 0.3 is 5.97 Å². The van der Waals surface area contributed by atoms with Crippen molar-refractivity contribution in [3.63, 3.8) is 0 Å². The van der Waals surface area contributed by atoms with Crippen LogP contribution in [-0.4, -0.2) is 25.7 Å². The molecule has 1 N–H and O–H groups in total. The largest absolute Gasteiger partial charge is 0.480 e. The lowest BCUT2D eigenvalue weighted by atomic mass is 10.3. The first-order valence-electron chi connectivity index (χ1n) is 6.34. The summed E-state index contributed by atoms with van der Waals surface area (Å²) in [5.41, 5.74) is 2.09. The van der Waals surface area contributed by atoms with Gasteiger partial charge in [0.05, 0.1) is 5.69 Å². The highest BCUT2D eigenvalue weighted by Crippen LogP contribution is 2.19. The van der Waals surface area contributed by atoms with Crippen molar-refractivity contribution in [1.29, 1.82) is 0 Å². The Hall–Kier alpha value is -1.82. The van der Waals surface area contributed by atoms with Crippen molar-refractivity contribution in [2.45, 2.75) is 31.3 Å². The van der Waals surface area contributed by atoms with Crippen molar-refractivity contribution in [3.05, 3.63) is 46.0 Å². The van der Waals surface area contributed by atoms with E-state index in [1.807, 2.05) is 26.0 Å². The minimum atomic E-state index is -0.828. The van der Waals surface area contributed by atoms with Crippen LogP contribution in [-0.2, 0) is 10.5 Å². The van der Waals surface area contributed by atoms with Crippen molar-refractivity contribution in [2.75, 3.05) is 0 Å². The maximum absolute atomic E-state index is 12.0. The van der Waals surface area contributed by atoms with Crippen LogP contribution < -0.4 is 5.56 Å². The van der Waals surface area contributed by atoms with Gasteiger partial charge in [0.2, 0.25) is 0 Å². The van der Waals surface area contributed by atoms with Gasteiger partial charge in [-0.25, -0.2) is 4.98 Å². The van der Waals surface area contributed by atoms with E-state index in [1.54, 1.807) is 6.20 Å². The van der Waals surface area contributed by atoms with Gasteiger partial charge in [-0.3, -0.25) is 14.0 Å². The van der Waals surface area contributed by atoms with Gasteiger partial charge in [-0.2, -0.15) is 0 Å². The molecule has 0 aliphatic heterocycles. The zero-order valence-electron chi connectivity index (χ0n) is 11.4. The average Bonchev–Trinajstić information content (AvgIpc) is 2.38. The van der Waals surface area contributed by atoms with Crippen LogP contribution in [0.1, 0.15) is 24.6 Å². The number of hydrogen-bond donors (Lipinski definition) is 1. The number of hydrogen-bond acceptors (Lipinski definition) is 4. The lowest BCUT2D eigenvalue weighted by molar-refractivity contribution is -0.136. The Balaban J connectivity index is 2.27. The second-order valence-corrected chi connectivity index (χ2v) is 5.76. The number of fused-ring (bicyclic) bond motifs is 1. The van der Waals surface area contributed by atoms with Gasteiger partial charge in [0.1, 0.15) is 10.9 Å². The van der Waals surface area contributed by atoms with Gasteiger partial charge in [-0.15, -0.1) is 11.8 Å². The fraction of sp³-hybridized carbons (Fsp3) is 0.357. The van der Waals surface area contributed by atoms with E-state index in [2.05, 4.69) is 4.98 Å². The number of carboxylic acids is 1. The third-order valence-corrected chi connectivity index (χ3v) is 4.35. The van der Waals surface area contributed by atoms with Crippen LogP contribution in [0, 0.1) is 6.92 Å². The molecule has 0 radical (unpaired) electrons. The molecule has 2 aromatic heterocycles. The predicted molar refractivity (Wildman–Crippen MR) is 79.2 cm³/mol. The van der Waals surface area contributed by atoms with Gasteiger partial charge in [0.25, 0.3) is 5.56 Å². The highest BCUT2D eigenvalue weighted by Gasteiger charge is 2.16. The summed E-state index contributed by atoms with van der Waals surface area (Å²) in [6.45, 7) is 3.77. The molecule has 0 saturated heterocycles. The van der Waals surface area contributed by atoms with Crippen LogP contribution in [0.25, 0.3) is 5.65 Å². The molecule has 0 fully saturated rings. The quantitative estimate of drug-likeness (QED) is 0.913. The van der Waals surface area contributed by atoms with Crippen molar-refractivity contribution < 1.29 is 9.90 Å². The Morgan fingerprint density at radius 1 is 1.50 bits per heavy atom. The van der Waals surface area contributed by atoms with E-state index in [9.17, 15) is 9.59 Å². The summed E-state index contributed by atoms with van der Waals surface area (Å²) in [6.07, 6.45) is 2.24. The topological polar surface area (TPSA) is 71.7 Å². The van der Waals surface area contributed by atoms with E-state index in [0.29, 0.717) is 23.5 Å². The third kappa shape index (κ3) is 3.19. The van der Waals surface area contributed by atoms with Crippen molar-refractivity contribution in [2.24, 2.45) is 0 Å². The summed E-state index contributed by atoms with van der Waals surface area (Å²) in [5.74, 6) is -0.407. The molecule has 2 heterocycles. The molecule has 0 spiro atoms. The van der Waals surface area contributed by atoms with Crippen LogP contribution in [0.15, 0.2) is 29.2 Å². The number of carbonyl (C=O) groups is 1. The van der Waals surface area contributed by atoms with E-state index >= 15 is 0 Å². The van der Waals surface area contributed by atoms with Crippen LogP contribution in [0.4, 0.5) is 0 Å². The second kappa shape index (κ2) is 6.09. The molecule has 20 heavy (non-hydrogen) atoms. The Kier molecular flexibility index (Phi) is 4.44. The first-order chi connectivity index (χ1) is 9.51. The number of aromatic nitrogens is 2. The van der Waals surface area contributed by atoms with E-state index in [0.717, 1.165) is 5.56 Å². The zero-order valence-corrected chi connectivity index (χ0v) is 12.2. The highest BCUT2D eigenvalue weighted by molar-refractivity contribution is 7.99. The first kappa shape index (κ1) is 14.6. The third-order valence-electron chi connectivity index (χ3n) is 2.95. The fourth-order valence-corrected chi connectivity index (χ4v) is 2.78.